The van der Waals surface area contributed by atoms with Crippen LogP contribution in [0.5, 0.6) is 5.88 Å². The van der Waals surface area contributed by atoms with E-state index in [9.17, 15) is 9.90 Å². The van der Waals surface area contributed by atoms with Crippen LogP contribution in [0.3, 0.4) is 0 Å². The fraction of sp³-hybridized carbons (Fsp3) is 0.200. The Morgan fingerprint density at radius 1 is 1.15 bits per heavy atom. The minimum atomic E-state index is -0.249. The van der Waals surface area contributed by atoms with Crippen LogP contribution in [0.15, 0.2) is 58.4 Å². The van der Waals surface area contributed by atoms with Crippen LogP contribution in [0.2, 0.25) is 0 Å². The number of anilines is 1. The van der Waals surface area contributed by atoms with Gasteiger partial charge in [0.05, 0.1) is 22.5 Å². The predicted molar refractivity (Wildman–Crippen MR) is 98.3 cm³/mol. The van der Waals surface area contributed by atoms with Crippen molar-refractivity contribution in [3.63, 3.8) is 0 Å². The number of nitrogens with one attached hydrogen (secondary N) is 1. The summed E-state index contributed by atoms with van der Waals surface area (Å²) in [6, 6.07) is 15.1. The normalized spacial score (nSPS) is 13.3. The van der Waals surface area contributed by atoms with Gasteiger partial charge >= 0.3 is 29.6 Å². The first-order valence-corrected chi connectivity index (χ1v) is 8.38. The van der Waals surface area contributed by atoms with Gasteiger partial charge in [-0.15, -0.1) is 0 Å². The Morgan fingerprint density at radius 2 is 1.92 bits per heavy atom. The molecule has 1 aliphatic rings. The average Bonchev–Trinajstić information content (AvgIpc) is 2.65. The molecule has 1 N–H and O–H groups in total. The largest absolute Gasteiger partial charge is 1.00 e. The minimum Gasteiger partial charge on any atom is -0.859 e. The molecule has 3 aromatic rings. The van der Waals surface area contributed by atoms with Crippen LogP contribution in [0, 0.1) is 0 Å². The van der Waals surface area contributed by atoms with Crippen LogP contribution in [-0.2, 0) is 13.0 Å². The number of aromatic nitrogens is 1. The van der Waals surface area contributed by atoms with E-state index in [1.807, 2.05) is 42.5 Å². The van der Waals surface area contributed by atoms with Gasteiger partial charge in [0.15, 0.2) is 5.43 Å². The third-order valence-corrected chi connectivity index (χ3v) is 4.64. The van der Waals surface area contributed by atoms with Crippen molar-refractivity contribution in [2.45, 2.75) is 26.3 Å². The molecule has 26 heavy (non-hydrogen) atoms. The van der Waals surface area contributed by atoms with E-state index in [0.717, 1.165) is 29.6 Å². The maximum absolute atomic E-state index is 12.9. The van der Waals surface area contributed by atoms with Gasteiger partial charge in [-0.2, -0.15) is 5.10 Å². The van der Waals surface area contributed by atoms with Gasteiger partial charge in [-0.05, 0) is 49.4 Å². The molecule has 0 radical (unpaired) electrons. The molecule has 1 aromatic heterocycles. The molecule has 1 aliphatic heterocycles. The molecule has 4 rings (SSSR count). The zero-order chi connectivity index (χ0) is 17.4. The van der Waals surface area contributed by atoms with E-state index in [1.165, 1.54) is 0 Å². The topological polar surface area (TPSA) is 69.5 Å². The Morgan fingerprint density at radius 3 is 2.69 bits per heavy atom. The molecule has 0 spiro atoms. The first-order valence-electron chi connectivity index (χ1n) is 8.38. The van der Waals surface area contributed by atoms with Crippen LogP contribution in [0.4, 0.5) is 5.69 Å². The molecule has 6 heteroatoms. The number of rotatable bonds is 3. The van der Waals surface area contributed by atoms with Gasteiger partial charge in [0, 0.05) is 11.9 Å². The molecular formula is C20H18N3NaO2. The standard InChI is InChI=1S/C20H19N3O2.Na/c1-13(21-22-15-9-3-2-4-10-15)17-19(24)16-11-5-7-14-8-6-12-23(18(14)16)20(17)25;/h2-5,7,9-11,22,25H,6,8,12H2,1H3;/q;+1/p-1/b21-13+;. The zero-order valence-corrected chi connectivity index (χ0v) is 17.0. The van der Waals surface area contributed by atoms with E-state index in [4.69, 9.17) is 0 Å². The second-order valence-corrected chi connectivity index (χ2v) is 6.25. The summed E-state index contributed by atoms with van der Waals surface area (Å²) in [5.41, 5.74) is 5.88. The molecule has 0 fully saturated rings. The van der Waals surface area contributed by atoms with Gasteiger partial charge in [-0.1, -0.05) is 30.3 Å². The van der Waals surface area contributed by atoms with Crippen LogP contribution in [0.25, 0.3) is 10.9 Å². The number of hydrogen-bond donors (Lipinski definition) is 1. The maximum Gasteiger partial charge on any atom is 1.00 e. The van der Waals surface area contributed by atoms with Crippen LogP contribution in [0.1, 0.15) is 24.5 Å². The van der Waals surface area contributed by atoms with E-state index >= 15 is 0 Å². The molecule has 0 saturated heterocycles. The molecule has 0 unspecified atom stereocenters. The molecule has 0 bridgehead atoms. The second-order valence-electron chi connectivity index (χ2n) is 6.25. The molecule has 0 atom stereocenters. The van der Waals surface area contributed by atoms with Crippen molar-refractivity contribution in [3.8, 4) is 5.88 Å². The summed E-state index contributed by atoms with van der Waals surface area (Å²) in [5.74, 6) is -0.249. The van der Waals surface area contributed by atoms with E-state index < -0.39 is 0 Å². The zero-order valence-electron chi connectivity index (χ0n) is 15.0. The summed E-state index contributed by atoms with van der Waals surface area (Å²) in [5, 5.41) is 17.8. The number of hydrazone groups is 1. The quantitative estimate of drug-likeness (QED) is 0.404. The Bertz CT molecular complexity index is 1040. The third-order valence-electron chi connectivity index (χ3n) is 4.64. The van der Waals surface area contributed by atoms with Crippen molar-refractivity contribution in [1.82, 2.24) is 4.57 Å². The van der Waals surface area contributed by atoms with Gasteiger partial charge < -0.3 is 9.67 Å². The van der Waals surface area contributed by atoms with E-state index in [1.54, 1.807) is 17.6 Å². The average molecular weight is 355 g/mol. The van der Waals surface area contributed by atoms with Gasteiger partial charge in [0.2, 0.25) is 0 Å². The minimum absolute atomic E-state index is 0. The summed E-state index contributed by atoms with van der Waals surface area (Å²) in [4.78, 5) is 12.9. The van der Waals surface area contributed by atoms with Crippen molar-refractivity contribution in [2.75, 3.05) is 5.43 Å². The molecular weight excluding hydrogens is 337 g/mol. The Balaban J connectivity index is 0.00000196. The molecule has 0 amide bonds. The van der Waals surface area contributed by atoms with E-state index in [2.05, 4.69) is 10.5 Å². The van der Waals surface area contributed by atoms with Crippen molar-refractivity contribution >= 4 is 22.3 Å². The number of aryl methyl sites for hydroxylation is 2. The predicted octanol–water partition coefficient (Wildman–Crippen LogP) is -0.139. The number of pyridine rings is 1. The molecule has 5 nitrogen and oxygen atoms in total. The smallest absolute Gasteiger partial charge is 0.859 e. The van der Waals surface area contributed by atoms with Gasteiger partial charge in [-0.3, -0.25) is 10.2 Å². The fourth-order valence-electron chi connectivity index (χ4n) is 3.44. The SMILES string of the molecule is C/C(=N\Nc1ccccc1)c1c([O-])n2c3c(cccc3c1=O)CCC2.[Na+]. The van der Waals surface area contributed by atoms with Gasteiger partial charge in [-0.25, -0.2) is 0 Å². The Labute approximate surface area is 173 Å². The van der Waals surface area contributed by atoms with Crippen molar-refractivity contribution in [3.05, 3.63) is 69.9 Å². The third kappa shape index (κ3) is 3.18. The second kappa shape index (κ2) is 7.66. The van der Waals surface area contributed by atoms with E-state index in [0.29, 0.717) is 17.6 Å². The summed E-state index contributed by atoms with van der Waals surface area (Å²) < 4.78 is 1.73. The molecule has 2 heterocycles. The maximum atomic E-state index is 12.9. The van der Waals surface area contributed by atoms with Crippen LogP contribution in [-0.4, -0.2) is 10.3 Å². The number of hydrogen-bond acceptors (Lipinski definition) is 4. The van der Waals surface area contributed by atoms with Crippen molar-refractivity contribution in [2.24, 2.45) is 5.10 Å². The molecule has 2 aromatic carbocycles. The first-order chi connectivity index (χ1) is 12.2. The first kappa shape index (κ1) is 18.7. The monoisotopic (exact) mass is 355 g/mol. The van der Waals surface area contributed by atoms with Gasteiger partial charge in [0.25, 0.3) is 0 Å². The van der Waals surface area contributed by atoms with Crippen LogP contribution >= 0.6 is 0 Å². The van der Waals surface area contributed by atoms with Crippen molar-refractivity contribution < 1.29 is 34.7 Å². The molecule has 126 valence electrons. The Hall–Kier alpha value is -2.08. The molecule has 0 aliphatic carbocycles. The van der Waals surface area contributed by atoms with Crippen molar-refractivity contribution in [1.29, 1.82) is 0 Å². The Kier molecular flexibility index (Phi) is 5.51. The number of para-hydroxylation sites is 2. The summed E-state index contributed by atoms with van der Waals surface area (Å²) in [6.45, 7) is 2.33. The van der Waals surface area contributed by atoms with Gasteiger partial charge in [0.1, 0.15) is 0 Å². The van der Waals surface area contributed by atoms with E-state index in [-0.39, 0.29) is 46.4 Å². The summed E-state index contributed by atoms with van der Waals surface area (Å²) >= 11 is 0. The molecule has 0 saturated carbocycles. The number of benzene rings is 2. The summed E-state index contributed by atoms with van der Waals surface area (Å²) in [7, 11) is 0. The summed E-state index contributed by atoms with van der Waals surface area (Å²) in [6.07, 6.45) is 1.81. The number of nitrogens with zero attached hydrogens (tertiary/aromatic N) is 2. The fourth-order valence-corrected chi connectivity index (χ4v) is 3.44. The van der Waals surface area contributed by atoms with Crippen LogP contribution < -0.4 is 45.5 Å².